The molecule has 1 amide bonds. The molecular formula is C22H28N2OS. The third-order valence-corrected chi connectivity index (χ3v) is 6.08. The van der Waals surface area contributed by atoms with Crippen LogP contribution < -0.4 is 5.32 Å². The van der Waals surface area contributed by atoms with E-state index in [0.29, 0.717) is 0 Å². The highest BCUT2D eigenvalue weighted by atomic mass is 32.2. The van der Waals surface area contributed by atoms with E-state index in [1.165, 1.54) is 6.42 Å². The minimum Gasteiger partial charge on any atom is -0.352 e. The number of nitrogens with zero attached hydrogens (tertiary/aromatic N) is 1. The number of hydrogen-bond donors (Lipinski definition) is 1. The Balaban J connectivity index is 1.66. The van der Waals surface area contributed by atoms with Crippen LogP contribution in [0.4, 0.5) is 0 Å². The van der Waals surface area contributed by atoms with Crippen LogP contribution in [0, 0.1) is 0 Å². The largest absolute Gasteiger partial charge is 0.352 e. The first-order chi connectivity index (χ1) is 12.8. The highest BCUT2D eigenvalue weighted by molar-refractivity contribution is 8.00. The lowest BCUT2D eigenvalue weighted by Crippen LogP contribution is -2.45. The average molecular weight is 369 g/mol. The predicted molar refractivity (Wildman–Crippen MR) is 109 cm³/mol. The van der Waals surface area contributed by atoms with E-state index >= 15 is 0 Å². The van der Waals surface area contributed by atoms with Gasteiger partial charge < -0.3 is 10.2 Å². The van der Waals surface area contributed by atoms with Gasteiger partial charge in [-0.05, 0) is 43.5 Å². The summed E-state index contributed by atoms with van der Waals surface area (Å²) in [5.74, 6) is 0.124. The minimum atomic E-state index is -0.215. The lowest BCUT2D eigenvalue weighted by atomic mass is 10.0. The molecule has 0 radical (unpaired) electrons. The lowest BCUT2D eigenvalue weighted by Gasteiger charge is -2.32. The van der Waals surface area contributed by atoms with Gasteiger partial charge in [-0.15, -0.1) is 11.8 Å². The summed E-state index contributed by atoms with van der Waals surface area (Å²) in [6.07, 6.45) is 3.29. The number of likely N-dealkylation sites (tertiary alicyclic amines) is 1. The van der Waals surface area contributed by atoms with Crippen molar-refractivity contribution in [1.29, 1.82) is 0 Å². The number of thioether (sulfide) groups is 1. The van der Waals surface area contributed by atoms with E-state index in [9.17, 15) is 4.79 Å². The van der Waals surface area contributed by atoms with Crippen LogP contribution in [-0.4, -0.2) is 36.5 Å². The topological polar surface area (TPSA) is 32.3 Å². The van der Waals surface area contributed by atoms with Gasteiger partial charge >= 0.3 is 0 Å². The standard InChI is InChI=1S/C22H28N2OS/c1-2-15-24-16-13-19(14-17-24)23-22(25)21(18-9-5-3-6-10-18)26-20-11-7-4-8-12-20/h3-12,19,21H,2,13-17H2,1H3,(H,23,25)/t21-/m0/s1. The fourth-order valence-corrected chi connectivity index (χ4v) is 4.48. The Kier molecular flexibility index (Phi) is 7.15. The molecule has 3 nitrogen and oxygen atoms in total. The fourth-order valence-electron chi connectivity index (χ4n) is 3.43. The second-order valence-corrected chi connectivity index (χ2v) is 8.02. The Hall–Kier alpha value is -1.78. The third kappa shape index (κ3) is 5.36. The van der Waals surface area contributed by atoms with Gasteiger partial charge in [0.1, 0.15) is 5.25 Å². The summed E-state index contributed by atoms with van der Waals surface area (Å²) >= 11 is 1.62. The number of rotatable bonds is 7. The molecular weight excluding hydrogens is 340 g/mol. The van der Waals surface area contributed by atoms with Crippen molar-refractivity contribution in [2.24, 2.45) is 0 Å². The molecule has 0 saturated carbocycles. The summed E-state index contributed by atoms with van der Waals surface area (Å²) in [6, 6.07) is 20.6. The first-order valence-electron chi connectivity index (χ1n) is 9.55. The van der Waals surface area contributed by atoms with Gasteiger partial charge in [0.05, 0.1) is 0 Å². The molecule has 2 aromatic rings. The smallest absolute Gasteiger partial charge is 0.238 e. The Morgan fingerprint density at radius 3 is 2.31 bits per heavy atom. The molecule has 0 bridgehead atoms. The molecule has 0 spiro atoms. The summed E-state index contributed by atoms with van der Waals surface area (Å²) in [4.78, 5) is 16.7. The van der Waals surface area contributed by atoms with E-state index < -0.39 is 0 Å². The molecule has 26 heavy (non-hydrogen) atoms. The third-order valence-electron chi connectivity index (χ3n) is 4.81. The van der Waals surface area contributed by atoms with Crippen molar-refractivity contribution < 1.29 is 4.79 Å². The van der Waals surface area contributed by atoms with E-state index in [1.54, 1.807) is 11.8 Å². The summed E-state index contributed by atoms with van der Waals surface area (Å²) in [7, 11) is 0. The number of carbonyl (C=O) groups excluding carboxylic acids is 1. The summed E-state index contributed by atoms with van der Waals surface area (Å²) in [5.41, 5.74) is 1.06. The van der Waals surface area contributed by atoms with E-state index in [2.05, 4.69) is 29.3 Å². The van der Waals surface area contributed by atoms with Crippen LogP contribution in [0.5, 0.6) is 0 Å². The molecule has 0 aliphatic carbocycles. The van der Waals surface area contributed by atoms with Gasteiger partial charge in [-0.3, -0.25) is 4.79 Å². The summed E-state index contributed by atoms with van der Waals surface area (Å²) < 4.78 is 0. The summed E-state index contributed by atoms with van der Waals surface area (Å²) in [6.45, 7) is 5.55. The van der Waals surface area contributed by atoms with Crippen LogP contribution in [0.1, 0.15) is 37.0 Å². The molecule has 138 valence electrons. The van der Waals surface area contributed by atoms with Crippen LogP contribution >= 0.6 is 11.8 Å². The monoisotopic (exact) mass is 368 g/mol. The Morgan fingerprint density at radius 1 is 1.08 bits per heavy atom. The summed E-state index contributed by atoms with van der Waals surface area (Å²) in [5, 5.41) is 3.10. The molecule has 1 heterocycles. The molecule has 3 rings (SSSR count). The molecule has 4 heteroatoms. The van der Waals surface area contributed by atoms with Gasteiger partial charge in [0.2, 0.25) is 5.91 Å². The maximum atomic E-state index is 13.1. The molecule has 1 fully saturated rings. The van der Waals surface area contributed by atoms with Gasteiger partial charge in [0.15, 0.2) is 0 Å². The van der Waals surface area contributed by atoms with Gasteiger partial charge in [0.25, 0.3) is 0 Å². The van der Waals surface area contributed by atoms with Crippen molar-refractivity contribution >= 4 is 17.7 Å². The van der Waals surface area contributed by atoms with Crippen LogP contribution in [0.15, 0.2) is 65.6 Å². The van der Waals surface area contributed by atoms with Crippen LogP contribution in [0.3, 0.4) is 0 Å². The van der Waals surface area contributed by atoms with Gasteiger partial charge in [0, 0.05) is 24.0 Å². The van der Waals surface area contributed by atoms with Crippen molar-refractivity contribution in [3.05, 3.63) is 66.2 Å². The van der Waals surface area contributed by atoms with Crippen molar-refractivity contribution in [3.63, 3.8) is 0 Å². The number of amides is 1. The van der Waals surface area contributed by atoms with Gasteiger partial charge in [-0.25, -0.2) is 0 Å². The van der Waals surface area contributed by atoms with E-state index in [4.69, 9.17) is 0 Å². The minimum absolute atomic E-state index is 0.124. The molecule has 0 aromatic heterocycles. The van der Waals surface area contributed by atoms with Gasteiger partial charge in [-0.2, -0.15) is 0 Å². The zero-order valence-electron chi connectivity index (χ0n) is 15.4. The Labute approximate surface area is 161 Å². The first-order valence-corrected chi connectivity index (χ1v) is 10.4. The van der Waals surface area contributed by atoms with Crippen molar-refractivity contribution in [1.82, 2.24) is 10.2 Å². The second-order valence-electron chi connectivity index (χ2n) is 6.85. The maximum absolute atomic E-state index is 13.1. The van der Waals surface area contributed by atoms with E-state index in [-0.39, 0.29) is 17.2 Å². The van der Waals surface area contributed by atoms with Crippen molar-refractivity contribution in [3.8, 4) is 0 Å². The maximum Gasteiger partial charge on any atom is 0.238 e. The van der Waals surface area contributed by atoms with Crippen molar-refractivity contribution in [2.45, 2.75) is 42.4 Å². The molecule has 1 aliphatic rings. The van der Waals surface area contributed by atoms with Crippen LogP contribution in [-0.2, 0) is 4.79 Å². The lowest BCUT2D eigenvalue weighted by molar-refractivity contribution is -0.121. The first kappa shape index (κ1) is 19.0. The Morgan fingerprint density at radius 2 is 1.69 bits per heavy atom. The SMILES string of the molecule is CCCN1CCC(NC(=O)[C@@H](Sc2ccccc2)c2ccccc2)CC1. The van der Waals surface area contributed by atoms with Gasteiger partial charge in [-0.1, -0.05) is 55.5 Å². The quantitative estimate of drug-likeness (QED) is 0.730. The number of carbonyl (C=O) groups is 1. The highest BCUT2D eigenvalue weighted by Gasteiger charge is 2.26. The number of benzene rings is 2. The molecule has 1 saturated heterocycles. The predicted octanol–water partition coefficient (Wildman–Crippen LogP) is 4.51. The second kappa shape index (κ2) is 9.79. The highest BCUT2D eigenvalue weighted by Crippen LogP contribution is 2.35. The zero-order valence-corrected chi connectivity index (χ0v) is 16.3. The van der Waals surface area contributed by atoms with E-state index in [1.807, 2.05) is 48.5 Å². The number of hydrogen-bond acceptors (Lipinski definition) is 3. The molecule has 1 aliphatic heterocycles. The van der Waals surface area contributed by atoms with Crippen molar-refractivity contribution in [2.75, 3.05) is 19.6 Å². The Bertz CT molecular complexity index is 669. The fraction of sp³-hybridized carbons (Fsp3) is 0.409. The molecule has 0 unspecified atom stereocenters. The van der Waals surface area contributed by atoms with Crippen LogP contribution in [0.25, 0.3) is 0 Å². The molecule has 2 aromatic carbocycles. The molecule has 1 N–H and O–H groups in total. The van der Waals surface area contributed by atoms with E-state index in [0.717, 1.165) is 42.9 Å². The number of piperidine rings is 1. The zero-order chi connectivity index (χ0) is 18.2. The number of nitrogens with one attached hydrogen (secondary N) is 1. The van der Waals surface area contributed by atoms with Crippen LogP contribution in [0.2, 0.25) is 0 Å². The normalized spacial score (nSPS) is 17.0. The molecule has 1 atom stereocenters. The average Bonchev–Trinajstić information content (AvgIpc) is 2.69.